The average molecular weight is 1040 g/mol. The molecular weight excluding hydrogens is 913 g/mol. The van der Waals surface area contributed by atoms with E-state index in [1.54, 1.807) is 0 Å². The van der Waals surface area contributed by atoms with E-state index in [0.717, 1.165) is 64.2 Å². The Hall–Kier alpha value is -2.37. The van der Waals surface area contributed by atoms with Crippen LogP contribution >= 0.6 is 0 Å². The van der Waals surface area contributed by atoms with Crippen molar-refractivity contribution in [2.75, 3.05) is 13.2 Å². The van der Waals surface area contributed by atoms with E-state index in [9.17, 15) is 14.4 Å². The smallest absolute Gasteiger partial charge is 0.306 e. The van der Waals surface area contributed by atoms with Gasteiger partial charge in [-0.2, -0.15) is 0 Å². The molecule has 0 aliphatic rings. The highest BCUT2D eigenvalue weighted by atomic mass is 16.6. The molecular formula is C68H126O6. The summed E-state index contributed by atoms with van der Waals surface area (Å²) in [6.45, 7) is 6.69. The van der Waals surface area contributed by atoms with Gasteiger partial charge in [-0.25, -0.2) is 0 Å². The molecule has 0 aromatic rings. The molecule has 1 atom stereocenters. The van der Waals surface area contributed by atoms with E-state index >= 15 is 0 Å². The normalized spacial score (nSPS) is 12.2. The maximum Gasteiger partial charge on any atom is 0.306 e. The lowest BCUT2D eigenvalue weighted by Crippen LogP contribution is -2.30. The minimum atomic E-state index is -0.773. The van der Waals surface area contributed by atoms with Gasteiger partial charge in [-0.05, 0) is 77.0 Å². The Labute approximate surface area is 461 Å². The molecule has 0 heterocycles. The number of ether oxygens (including phenoxy) is 3. The van der Waals surface area contributed by atoms with Crippen LogP contribution in [0.5, 0.6) is 0 Å². The second-order valence-electron chi connectivity index (χ2n) is 22.4. The van der Waals surface area contributed by atoms with Gasteiger partial charge >= 0.3 is 17.9 Å². The van der Waals surface area contributed by atoms with Crippen molar-refractivity contribution in [2.45, 2.75) is 367 Å². The van der Waals surface area contributed by atoms with Crippen molar-refractivity contribution in [1.29, 1.82) is 0 Å². The molecule has 0 spiro atoms. The third-order valence-corrected chi connectivity index (χ3v) is 14.9. The Balaban J connectivity index is 4.31. The number of carbonyl (C=O) groups is 3. The van der Waals surface area contributed by atoms with Gasteiger partial charge in [0.05, 0.1) is 0 Å². The molecule has 0 aromatic heterocycles. The molecule has 0 aliphatic heterocycles. The lowest BCUT2D eigenvalue weighted by Gasteiger charge is -2.18. The highest BCUT2D eigenvalue weighted by Gasteiger charge is 2.19. The largest absolute Gasteiger partial charge is 0.462 e. The number of rotatable bonds is 61. The van der Waals surface area contributed by atoms with Crippen molar-refractivity contribution < 1.29 is 28.6 Å². The molecule has 6 heteroatoms. The predicted molar refractivity (Wildman–Crippen MR) is 321 cm³/mol. The van der Waals surface area contributed by atoms with Crippen molar-refractivity contribution in [3.05, 3.63) is 36.5 Å². The minimum Gasteiger partial charge on any atom is -0.462 e. The molecule has 434 valence electrons. The van der Waals surface area contributed by atoms with E-state index in [1.165, 1.54) is 257 Å². The lowest BCUT2D eigenvalue weighted by atomic mass is 10.0. The van der Waals surface area contributed by atoms with Crippen molar-refractivity contribution in [3.63, 3.8) is 0 Å². The highest BCUT2D eigenvalue weighted by molar-refractivity contribution is 5.71. The van der Waals surface area contributed by atoms with E-state index < -0.39 is 6.10 Å². The first kappa shape index (κ1) is 71.6. The fourth-order valence-electron chi connectivity index (χ4n) is 9.88. The zero-order valence-electron chi connectivity index (χ0n) is 49.9. The van der Waals surface area contributed by atoms with Crippen LogP contribution in [0.1, 0.15) is 361 Å². The van der Waals surface area contributed by atoms with E-state index in [4.69, 9.17) is 14.2 Å². The number of esters is 3. The summed E-state index contributed by atoms with van der Waals surface area (Å²) in [5, 5.41) is 0. The van der Waals surface area contributed by atoms with Gasteiger partial charge in [0.2, 0.25) is 0 Å². The monoisotopic (exact) mass is 1040 g/mol. The summed E-state index contributed by atoms with van der Waals surface area (Å²) in [5.41, 5.74) is 0. The molecule has 6 nitrogen and oxygen atoms in total. The summed E-state index contributed by atoms with van der Waals surface area (Å²) in [5.74, 6) is -0.851. The molecule has 0 saturated heterocycles. The van der Waals surface area contributed by atoms with Crippen LogP contribution < -0.4 is 0 Å². The zero-order valence-corrected chi connectivity index (χ0v) is 49.9. The van der Waals surface area contributed by atoms with E-state index in [0.29, 0.717) is 19.3 Å². The maximum atomic E-state index is 12.9. The quantitative estimate of drug-likeness (QED) is 0.0261. The first-order valence-corrected chi connectivity index (χ1v) is 33.0. The van der Waals surface area contributed by atoms with Crippen LogP contribution in [0.25, 0.3) is 0 Å². The Kier molecular flexibility index (Phi) is 61.1. The van der Waals surface area contributed by atoms with Gasteiger partial charge in [0.1, 0.15) is 13.2 Å². The van der Waals surface area contributed by atoms with Crippen LogP contribution in [-0.4, -0.2) is 37.2 Å². The number of carbonyl (C=O) groups excluding carboxylic acids is 3. The summed E-state index contributed by atoms with van der Waals surface area (Å²) < 4.78 is 17.0. The highest BCUT2D eigenvalue weighted by Crippen LogP contribution is 2.17. The Bertz CT molecular complexity index is 1240. The molecule has 0 N–H and O–H groups in total. The van der Waals surface area contributed by atoms with Crippen molar-refractivity contribution in [3.8, 4) is 0 Å². The molecule has 0 aromatic carbocycles. The van der Waals surface area contributed by atoms with Crippen LogP contribution in [0.2, 0.25) is 0 Å². The second kappa shape index (κ2) is 63.2. The molecule has 74 heavy (non-hydrogen) atoms. The minimum absolute atomic E-state index is 0.0697. The fourth-order valence-corrected chi connectivity index (χ4v) is 9.88. The summed E-state index contributed by atoms with van der Waals surface area (Å²) >= 11 is 0. The Morgan fingerprint density at radius 1 is 0.270 bits per heavy atom. The molecule has 1 unspecified atom stereocenters. The van der Waals surface area contributed by atoms with Gasteiger partial charge in [-0.3, -0.25) is 14.4 Å². The third-order valence-electron chi connectivity index (χ3n) is 14.9. The Morgan fingerprint density at radius 3 is 0.757 bits per heavy atom. The van der Waals surface area contributed by atoms with Crippen LogP contribution in [0.4, 0.5) is 0 Å². The van der Waals surface area contributed by atoms with Crippen LogP contribution in [0.15, 0.2) is 36.5 Å². The van der Waals surface area contributed by atoms with Crippen molar-refractivity contribution in [1.82, 2.24) is 0 Å². The van der Waals surface area contributed by atoms with Crippen molar-refractivity contribution in [2.24, 2.45) is 0 Å². The fraction of sp³-hybridized carbons (Fsp3) is 0.868. The molecule has 0 amide bonds. The molecule has 0 saturated carbocycles. The second-order valence-corrected chi connectivity index (χ2v) is 22.4. The number of hydrogen-bond donors (Lipinski definition) is 0. The summed E-state index contributed by atoms with van der Waals surface area (Å²) in [7, 11) is 0. The lowest BCUT2D eigenvalue weighted by molar-refractivity contribution is -0.167. The summed E-state index contributed by atoms with van der Waals surface area (Å²) in [6, 6.07) is 0. The van der Waals surface area contributed by atoms with Gasteiger partial charge < -0.3 is 14.2 Å². The SMILES string of the molecule is CCCCCCC/C=C\C/C=C\CCCCCCCCCCCC(=O)OCC(COC(=O)CCCCCCCCCCCCCCCC)OC(=O)CCCCCCCCCCC/C=C\CCCCCCCCCC. The van der Waals surface area contributed by atoms with Crippen LogP contribution in [0, 0.1) is 0 Å². The van der Waals surface area contributed by atoms with Crippen LogP contribution in [0.3, 0.4) is 0 Å². The maximum absolute atomic E-state index is 12.9. The number of hydrogen-bond acceptors (Lipinski definition) is 6. The molecule has 0 aliphatic carbocycles. The first-order chi connectivity index (χ1) is 36.5. The topological polar surface area (TPSA) is 78.9 Å². The van der Waals surface area contributed by atoms with E-state index in [1.807, 2.05) is 0 Å². The predicted octanol–water partition coefficient (Wildman–Crippen LogP) is 22.4. The van der Waals surface area contributed by atoms with Gasteiger partial charge in [0, 0.05) is 19.3 Å². The number of allylic oxidation sites excluding steroid dienone is 6. The number of unbranched alkanes of at least 4 members (excludes halogenated alkanes) is 44. The summed E-state index contributed by atoms with van der Waals surface area (Å²) in [6.07, 6.45) is 77.2. The van der Waals surface area contributed by atoms with Crippen molar-refractivity contribution >= 4 is 17.9 Å². The molecule has 0 fully saturated rings. The van der Waals surface area contributed by atoms with Crippen LogP contribution in [-0.2, 0) is 28.6 Å². The first-order valence-electron chi connectivity index (χ1n) is 33.0. The molecule has 0 radical (unpaired) electrons. The Morgan fingerprint density at radius 2 is 0.486 bits per heavy atom. The standard InChI is InChI=1S/C68H126O6/c1-4-7-10-13-16-19-22-25-28-30-32-34-36-38-40-43-46-49-52-55-58-61-67(70)73-64-65(63-72-66(69)60-57-54-51-48-45-42-27-24-21-18-15-12-9-6-3)74-68(71)62-59-56-53-50-47-44-41-39-37-35-33-31-29-26-23-20-17-14-11-8-5-2/h22,25,30-33,65H,4-21,23-24,26-29,34-64H2,1-3H3/b25-22-,32-30-,33-31-. The van der Waals surface area contributed by atoms with Gasteiger partial charge in [-0.1, -0.05) is 301 Å². The van der Waals surface area contributed by atoms with Gasteiger partial charge in [0.15, 0.2) is 6.10 Å². The summed E-state index contributed by atoms with van der Waals surface area (Å²) in [4.78, 5) is 38.3. The van der Waals surface area contributed by atoms with Gasteiger partial charge in [0.25, 0.3) is 0 Å². The molecule has 0 rings (SSSR count). The average Bonchev–Trinajstić information content (AvgIpc) is 3.40. The molecule has 0 bridgehead atoms. The zero-order chi connectivity index (χ0) is 53.6. The third kappa shape index (κ3) is 60.5. The van der Waals surface area contributed by atoms with Gasteiger partial charge in [-0.15, -0.1) is 0 Å². The van der Waals surface area contributed by atoms with E-state index in [-0.39, 0.29) is 31.1 Å². The van der Waals surface area contributed by atoms with E-state index in [2.05, 4.69) is 57.2 Å².